The molecule has 0 saturated carbocycles. The SMILES string of the molecule is Cc1cc(C)n(C)c(=O)c1C(=O)Nc1ccc(-n2nc(C)c(Cl)c2C)nc1. The van der Waals surface area contributed by atoms with Crippen LogP contribution in [0.15, 0.2) is 29.2 Å². The minimum absolute atomic E-state index is 0.123. The van der Waals surface area contributed by atoms with Crippen LogP contribution < -0.4 is 10.9 Å². The van der Waals surface area contributed by atoms with Gasteiger partial charge >= 0.3 is 0 Å². The molecule has 0 aromatic carbocycles. The van der Waals surface area contributed by atoms with E-state index in [1.807, 2.05) is 26.8 Å². The molecule has 0 aliphatic rings. The third-order valence-electron chi connectivity index (χ3n) is 4.52. The van der Waals surface area contributed by atoms with Gasteiger partial charge in [-0.15, -0.1) is 0 Å². The van der Waals surface area contributed by atoms with E-state index in [1.165, 1.54) is 10.8 Å². The smallest absolute Gasteiger partial charge is 0.263 e. The lowest BCUT2D eigenvalue weighted by Crippen LogP contribution is -2.30. The van der Waals surface area contributed by atoms with Crippen LogP contribution >= 0.6 is 11.6 Å². The molecule has 0 saturated heterocycles. The lowest BCUT2D eigenvalue weighted by Gasteiger charge is -2.11. The van der Waals surface area contributed by atoms with Crippen molar-refractivity contribution in [2.45, 2.75) is 27.7 Å². The van der Waals surface area contributed by atoms with Gasteiger partial charge in [0.2, 0.25) is 0 Å². The Morgan fingerprint density at radius 1 is 1.19 bits per heavy atom. The number of nitrogens with one attached hydrogen (secondary N) is 1. The van der Waals surface area contributed by atoms with Crippen LogP contribution in [0.3, 0.4) is 0 Å². The van der Waals surface area contributed by atoms with Crippen molar-refractivity contribution in [3.05, 3.63) is 68.0 Å². The van der Waals surface area contributed by atoms with Crippen molar-refractivity contribution in [2.24, 2.45) is 7.05 Å². The summed E-state index contributed by atoms with van der Waals surface area (Å²) in [6.45, 7) is 7.25. The zero-order chi connectivity index (χ0) is 19.9. The molecule has 0 radical (unpaired) electrons. The molecule has 1 amide bonds. The van der Waals surface area contributed by atoms with Crippen LogP contribution in [-0.2, 0) is 7.05 Å². The van der Waals surface area contributed by atoms with Gasteiger partial charge in [-0.2, -0.15) is 5.10 Å². The largest absolute Gasteiger partial charge is 0.320 e. The minimum Gasteiger partial charge on any atom is -0.320 e. The van der Waals surface area contributed by atoms with Gasteiger partial charge in [-0.1, -0.05) is 11.6 Å². The number of anilines is 1. The van der Waals surface area contributed by atoms with Crippen molar-refractivity contribution in [1.82, 2.24) is 19.3 Å². The summed E-state index contributed by atoms with van der Waals surface area (Å²) in [7, 11) is 1.64. The predicted molar refractivity (Wildman–Crippen MR) is 105 cm³/mol. The second kappa shape index (κ2) is 7.00. The number of nitrogens with zero attached hydrogens (tertiary/aromatic N) is 4. The molecule has 1 N–H and O–H groups in total. The van der Waals surface area contributed by atoms with E-state index in [0.717, 1.165) is 17.1 Å². The molecule has 3 aromatic rings. The topological polar surface area (TPSA) is 81.8 Å². The fraction of sp³-hybridized carbons (Fsp3) is 0.263. The van der Waals surface area contributed by atoms with E-state index < -0.39 is 5.91 Å². The maximum atomic E-state index is 12.6. The van der Waals surface area contributed by atoms with Crippen LogP contribution in [0.25, 0.3) is 5.82 Å². The van der Waals surface area contributed by atoms with Crippen molar-refractivity contribution in [3.63, 3.8) is 0 Å². The fourth-order valence-electron chi connectivity index (χ4n) is 2.88. The zero-order valence-corrected chi connectivity index (χ0v) is 16.5. The van der Waals surface area contributed by atoms with Crippen molar-refractivity contribution in [3.8, 4) is 5.82 Å². The summed E-state index contributed by atoms with van der Waals surface area (Å²) in [5, 5.41) is 7.67. The Labute approximate surface area is 161 Å². The molecule has 0 aliphatic carbocycles. The molecule has 0 atom stereocenters. The summed E-state index contributed by atoms with van der Waals surface area (Å²) < 4.78 is 3.10. The van der Waals surface area contributed by atoms with E-state index in [9.17, 15) is 9.59 Å². The summed E-state index contributed by atoms with van der Waals surface area (Å²) >= 11 is 6.17. The first-order chi connectivity index (χ1) is 12.7. The van der Waals surface area contributed by atoms with Gasteiger partial charge in [-0.05, 0) is 51.5 Å². The van der Waals surface area contributed by atoms with Gasteiger partial charge in [0.25, 0.3) is 11.5 Å². The van der Waals surface area contributed by atoms with Gasteiger partial charge in [-0.25, -0.2) is 9.67 Å². The molecule has 140 valence electrons. The molecule has 0 unspecified atom stereocenters. The summed E-state index contributed by atoms with van der Waals surface area (Å²) in [6.07, 6.45) is 1.52. The van der Waals surface area contributed by atoms with Gasteiger partial charge in [0, 0.05) is 12.7 Å². The number of amides is 1. The van der Waals surface area contributed by atoms with E-state index in [0.29, 0.717) is 22.1 Å². The molecule has 0 fully saturated rings. The highest BCUT2D eigenvalue weighted by molar-refractivity contribution is 6.31. The number of carbonyl (C=O) groups is 1. The molecular formula is C19H20ClN5O2. The van der Waals surface area contributed by atoms with Gasteiger partial charge < -0.3 is 9.88 Å². The first kappa shape index (κ1) is 18.8. The molecule has 3 rings (SSSR count). The third-order valence-corrected chi connectivity index (χ3v) is 5.07. The summed E-state index contributed by atoms with van der Waals surface area (Å²) in [5.41, 5.74) is 3.22. The molecule has 3 heterocycles. The highest BCUT2D eigenvalue weighted by atomic mass is 35.5. The summed E-state index contributed by atoms with van der Waals surface area (Å²) in [5.74, 6) is 0.125. The van der Waals surface area contributed by atoms with Crippen molar-refractivity contribution < 1.29 is 4.79 Å². The summed E-state index contributed by atoms with van der Waals surface area (Å²) in [4.78, 5) is 29.3. The maximum Gasteiger partial charge on any atom is 0.263 e. The number of halogens is 1. The first-order valence-electron chi connectivity index (χ1n) is 8.37. The molecule has 7 nitrogen and oxygen atoms in total. The normalized spacial score (nSPS) is 10.9. The Hall–Kier alpha value is -2.93. The Morgan fingerprint density at radius 2 is 1.89 bits per heavy atom. The van der Waals surface area contributed by atoms with Crippen molar-refractivity contribution in [2.75, 3.05) is 5.32 Å². The monoisotopic (exact) mass is 385 g/mol. The number of hydrogen-bond donors (Lipinski definition) is 1. The molecule has 27 heavy (non-hydrogen) atoms. The maximum absolute atomic E-state index is 12.6. The molecular weight excluding hydrogens is 366 g/mol. The number of hydrogen-bond acceptors (Lipinski definition) is 4. The van der Waals surface area contributed by atoms with Gasteiger partial charge in [0.15, 0.2) is 5.82 Å². The molecule has 8 heteroatoms. The average molecular weight is 386 g/mol. The fourth-order valence-corrected chi connectivity index (χ4v) is 3.00. The van der Waals surface area contributed by atoms with Crippen LogP contribution in [0.2, 0.25) is 5.02 Å². The third kappa shape index (κ3) is 3.38. The van der Waals surface area contributed by atoms with E-state index in [4.69, 9.17) is 11.6 Å². The average Bonchev–Trinajstić information content (AvgIpc) is 2.88. The van der Waals surface area contributed by atoms with Gasteiger partial charge in [0.05, 0.1) is 28.3 Å². The zero-order valence-electron chi connectivity index (χ0n) is 15.8. The number of pyridine rings is 2. The Bertz CT molecular complexity index is 1100. The van der Waals surface area contributed by atoms with Crippen LogP contribution in [0.4, 0.5) is 5.69 Å². The summed E-state index contributed by atoms with van der Waals surface area (Å²) in [6, 6.07) is 5.24. The molecule has 0 bridgehead atoms. The van der Waals surface area contributed by atoms with Gasteiger partial charge in [0.1, 0.15) is 5.56 Å². The van der Waals surface area contributed by atoms with Crippen LogP contribution in [0.5, 0.6) is 0 Å². The van der Waals surface area contributed by atoms with Crippen LogP contribution in [0, 0.1) is 27.7 Å². The van der Waals surface area contributed by atoms with E-state index in [2.05, 4.69) is 15.4 Å². The van der Waals surface area contributed by atoms with E-state index >= 15 is 0 Å². The second-order valence-electron chi connectivity index (χ2n) is 6.46. The first-order valence-corrected chi connectivity index (χ1v) is 8.75. The Balaban J connectivity index is 1.87. The number of aromatic nitrogens is 4. The molecule has 0 aliphatic heterocycles. The van der Waals surface area contributed by atoms with Crippen LogP contribution in [0.1, 0.15) is 33.0 Å². The quantitative estimate of drug-likeness (QED) is 0.751. The lowest BCUT2D eigenvalue weighted by molar-refractivity contribution is 0.102. The van der Waals surface area contributed by atoms with Gasteiger partial charge in [-0.3, -0.25) is 9.59 Å². The number of aryl methyl sites for hydroxylation is 3. The Kier molecular flexibility index (Phi) is 4.89. The highest BCUT2D eigenvalue weighted by Gasteiger charge is 2.17. The van der Waals surface area contributed by atoms with E-state index in [-0.39, 0.29) is 11.1 Å². The number of rotatable bonds is 3. The van der Waals surface area contributed by atoms with Crippen molar-refractivity contribution in [1.29, 1.82) is 0 Å². The second-order valence-corrected chi connectivity index (χ2v) is 6.84. The highest BCUT2D eigenvalue weighted by Crippen LogP contribution is 2.22. The number of carbonyl (C=O) groups excluding carboxylic acids is 1. The lowest BCUT2D eigenvalue weighted by atomic mass is 10.1. The van der Waals surface area contributed by atoms with E-state index in [1.54, 1.807) is 30.8 Å². The molecule has 0 spiro atoms. The Morgan fingerprint density at radius 3 is 2.44 bits per heavy atom. The van der Waals surface area contributed by atoms with Crippen LogP contribution in [-0.4, -0.2) is 25.2 Å². The standard InChI is InChI=1S/C19H20ClN5O2/c1-10-8-11(2)24(5)19(27)16(10)18(26)22-14-6-7-15(21-9-14)25-13(4)17(20)12(3)23-25/h6-9H,1-5H3,(H,22,26). The molecule has 3 aromatic heterocycles. The van der Waals surface area contributed by atoms with Crippen molar-refractivity contribution >= 4 is 23.2 Å². The minimum atomic E-state index is -0.461. The predicted octanol–water partition coefficient (Wildman–Crippen LogP) is 3.11.